The molecule has 4 aromatic rings. The number of non-ortho nitro benzene ring substituents is 1. The summed E-state index contributed by atoms with van der Waals surface area (Å²) < 4.78 is 6.12. The number of Topliss-reactive ketones (excluding diaryl/α,β-unsaturated/α-hetero) is 1. The van der Waals surface area contributed by atoms with Gasteiger partial charge in [0.2, 0.25) is 0 Å². The van der Waals surface area contributed by atoms with E-state index in [1.54, 1.807) is 42.5 Å². The molecule has 10 nitrogen and oxygen atoms in total. The molecule has 0 aliphatic carbocycles. The molecule has 1 unspecified atom stereocenters. The van der Waals surface area contributed by atoms with Crippen LogP contribution in [0.1, 0.15) is 31.1 Å². The number of carbonyl (C=O) groups is 2. The van der Waals surface area contributed by atoms with Gasteiger partial charge in [-0.2, -0.15) is 0 Å². The average molecular weight is 517 g/mol. The smallest absolute Gasteiger partial charge is 0.301 e. The maximum absolute atomic E-state index is 13.3. The summed E-state index contributed by atoms with van der Waals surface area (Å²) in [6.45, 7) is 3.78. The molecule has 0 spiro atoms. The first-order chi connectivity index (χ1) is 17.7. The number of anilines is 1. The average Bonchev–Trinajstić information content (AvgIpc) is 3.42. The largest absolute Gasteiger partial charge is 0.507 e. The summed E-state index contributed by atoms with van der Waals surface area (Å²) in [7, 11) is 0. The number of hydrogen-bond donors (Lipinski definition) is 1. The Bertz CT molecular complexity index is 1560. The molecule has 11 heteroatoms. The van der Waals surface area contributed by atoms with Gasteiger partial charge in [-0.25, -0.2) is 4.98 Å². The van der Waals surface area contributed by atoms with Crippen LogP contribution in [0.3, 0.4) is 0 Å². The molecule has 1 saturated heterocycles. The van der Waals surface area contributed by atoms with Crippen LogP contribution in [0.4, 0.5) is 10.8 Å². The van der Waals surface area contributed by atoms with E-state index < -0.39 is 22.7 Å². The highest BCUT2D eigenvalue weighted by Gasteiger charge is 2.48. The lowest BCUT2D eigenvalue weighted by molar-refractivity contribution is -0.384. The van der Waals surface area contributed by atoms with Crippen LogP contribution in [0.25, 0.3) is 16.0 Å². The lowest BCUT2D eigenvalue weighted by atomic mass is 9.98. The van der Waals surface area contributed by atoms with E-state index in [-0.39, 0.29) is 28.3 Å². The molecule has 1 N–H and O–H groups in total. The minimum atomic E-state index is -1.05. The molecular formula is C26H20N4O6S. The van der Waals surface area contributed by atoms with Gasteiger partial charge in [-0.1, -0.05) is 17.4 Å². The Morgan fingerprint density at radius 1 is 1.14 bits per heavy atom. The molecule has 0 saturated carbocycles. The number of ketones is 1. The van der Waals surface area contributed by atoms with Gasteiger partial charge in [-0.05, 0) is 56.3 Å². The fourth-order valence-electron chi connectivity index (χ4n) is 4.08. The van der Waals surface area contributed by atoms with Crippen LogP contribution >= 0.6 is 11.3 Å². The Labute approximate surface area is 214 Å². The molecule has 5 rings (SSSR count). The maximum atomic E-state index is 13.3. The number of nitrogens with zero attached hydrogens (tertiary/aromatic N) is 4. The van der Waals surface area contributed by atoms with Crippen molar-refractivity contribution in [1.82, 2.24) is 9.97 Å². The Morgan fingerprint density at radius 3 is 2.54 bits per heavy atom. The predicted octanol–water partition coefficient (Wildman–Crippen LogP) is 5.01. The Kier molecular flexibility index (Phi) is 6.14. The number of fused-ring (bicyclic) bond motifs is 1. The summed E-state index contributed by atoms with van der Waals surface area (Å²) in [5.74, 6) is -1.53. The van der Waals surface area contributed by atoms with Crippen LogP contribution in [0.15, 0.2) is 72.4 Å². The van der Waals surface area contributed by atoms with E-state index >= 15 is 0 Å². The van der Waals surface area contributed by atoms with Gasteiger partial charge < -0.3 is 9.84 Å². The number of rotatable bonds is 6. The van der Waals surface area contributed by atoms with Gasteiger partial charge in [-0.15, -0.1) is 0 Å². The van der Waals surface area contributed by atoms with Crippen molar-refractivity contribution < 1.29 is 24.4 Å². The van der Waals surface area contributed by atoms with Crippen molar-refractivity contribution in [3.05, 3.63) is 93.8 Å². The number of aliphatic hydroxyl groups is 1. The second kappa shape index (κ2) is 9.43. The zero-order chi connectivity index (χ0) is 26.3. The van der Waals surface area contributed by atoms with Crippen molar-refractivity contribution in [3.63, 3.8) is 0 Å². The van der Waals surface area contributed by atoms with Crippen molar-refractivity contribution in [2.45, 2.75) is 26.0 Å². The number of aliphatic hydroxyl groups excluding tert-OH is 1. The van der Waals surface area contributed by atoms with Crippen LogP contribution in [0.5, 0.6) is 5.75 Å². The highest BCUT2D eigenvalue weighted by Crippen LogP contribution is 2.44. The third kappa shape index (κ3) is 4.40. The first kappa shape index (κ1) is 24.1. The zero-order valence-electron chi connectivity index (χ0n) is 19.7. The molecule has 1 aliphatic heterocycles. The Morgan fingerprint density at radius 2 is 1.89 bits per heavy atom. The fraction of sp³-hybridized carbons (Fsp3) is 0.154. The van der Waals surface area contributed by atoms with Crippen LogP contribution in [0.2, 0.25) is 0 Å². The van der Waals surface area contributed by atoms with Gasteiger partial charge in [-0.3, -0.25) is 29.6 Å². The number of nitro benzene ring substituents is 1. The summed E-state index contributed by atoms with van der Waals surface area (Å²) >= 11 is 1.04. The number of nitro groups is 1. The molecule has 2 aromatic carbocycles. The van der Waals surface area contributed by atoms with Crippen molar-refractivity contribution in [1.29, 1.82) is 0 Å². The SMILES string of the molecule is CC(C)Oc1ccc(/C(O)=C2\C(=O)C(=O)N(c3nc4ccc([N+](=O)[O-])cc4s3)C2c2ccccn2)cc1. The number of pyridine rings is 1. The molecule has 1 atom stereocenters. The van der Waals surface area contributed by atoms with Gasteiger partial charge in [0.25, 0.3) is 11.5 Å². The van der Waals surface area contributed by atoms with E-state index in [1.807, 2.05) is 13.8 Å². The molecule has 186 valence electrons. The van der Waals surface area contributed by atoms with Crippen molar-refractivity contribution >= 4 is 49.8 Å². The lowest BCUT2D eigenvalue weighted by Gasteiger charge is -2.22. The number of thiazole rings is 1. The first-order valence-corrected chi connectivity index (χ1v) is 12.1. The highest BCUT2D eigenvalue weighted by molar-refractivity contribution is 7.22. The number of hydrogen-bond acceptors (Lipinski definition) is 9. The summed E-state index contributed by atoms with van der Waals surface area (Å²) in [5.41, 5.74) is 0.874. The minimum absolute atomic E-state index is 0.0378. The van der Waals surface area contributed by atoms with Crippen LogP contribution in [0, 0.1) is 10.1 Å². The topological polar surface area (TPSA) is 136 Å². The molecule has 2 aromatic heterocycles. The van der Waals surface area contributed by atoms with Crippen molar-refractivity contribution in [2.75, 3.05) is 4.90 Å². The van der Waals surface area contributed by atoms with Crippen LogP contribution < -0.4 is 9.64 Å². The Hall–Kier alpha value is -4.64. The second-order valence-corrected chi connectivity index (χ2v) is 9.53. The zero-order valence-corrected chi connectivity index (χ0v) is 20.5. The lowest BCUT2D eigenvalue weighted by Crippen LogP contribution is -2.29. The molecule has 0 bridgehead atoms. The minimum Gasteiger partial charge on any atom is -0.507 e. The quantitative estimate of drug-likeness (QED) is 0.124. The summed E-state index contributed by atoms with van der Waals surface area (Å²) in [6.07, 6.45) is 1.49. The molecule has 37 heavy (non-hydrogen) atoms. The van der Waals surface area contributed by atoms with Gasteiger partial charge in [0.15, 0.2) is 5.13 Å². The summed E-state index contributed by atoms with van der Waals surface area (Å²) in [6, 6.07) is 14.7. The third-order valence-electron chi connectivity index (χ3n) is 5.69. The van der Waals surface area contributed by atoms with E-state index in [1.165, 1.54) is 29.3 Å². The molecule has 1 aliphatic rings. The Balaban J connectivity index is 1.64. The van der Waals surface area contributed by atoms with E-state index in [0.29, 0.717) is 27.2 Å². The van der Waals surface area contributed by atoms with E-state index in [0.717, 1.165) is 11.3 Å². The molecule has 0 radical (unpaired) electrons. The summed E-state index contributed by atoms with van der Waals surface area (Å²) in [5, 5.41) is 22.6. The second-order valence-electron chi connectivity index (χ2n) is 8.52. The number of amides is 1. The first-order valence-electron chi connectivity index (χ1n) is 11.3. The third-order valence-corrected chi connectivity index (χ3v) is 6.71. The van der Waals surface area contributed by atoms with E-state index in [4.69, 9.17) is 4.74 Å². The van der Waals surface area contributed by atoms with E-state index in [9.17, 15) is 24.8 Å². The van der Waals surface area contributed by atoms with E-state index in [2.05, 4.69) is 9.97 Å². The number of ether oxygens (including phenoxy) is 1. The van der Waals surface area contributed by atoms with Crippen molar-refractivity contribution in [2.24, 2.45) is 0 Å². The van der Waals surface area contributed by atoms with Gasteiger partial charge in [0, 0.05) is 23.9 Å². The van der Waals surface area contributed by atoms with Crippen LogP contribution in [-0.4, -0.2) is 37.8 Å². The van der Waals surface area contributed by atoms with Crippen LogP contribution in [-0.2, 0) is 9.59 Å². The maximum Gasteiger partial charge on any atom is 0.301 e. The fourth-order valence-corrected chi connectivity index (χ4v) is 5.11. The molecule has 3 heterocycles. The standard InChI is InChI=1S/C26H20N4O6S/c1-14(2)36-17-9-6-15(7-10-17)23(31)21-22(19-5-3-4-12-27-19)29(25(33)24(21)32)26-28-18-11-8-16(30(34)35)13-20(18)37-26/h3-14,22,31H,1-2H3/b23-21+. The van der Waals surface area contributed by atoms with Gasteiger partial charge in [0.1, 0.15) is 17.6 Å². The van der Waals surface area contributed by atoms with Gasteiger partial charge in [0.05, 0.1) is 32.5 Å². The molecule has 1 fully saturated rings. The molecular weight excluding hydrogens is 496 g/mol. The monoisotopic (exact) mass is 516 g/mol. The van der Waals surface area contributed by atoms with Crippen molar-refractivity contribution in [3.8, 4) is 5.75 Å². The van der Waals surface area contributed by atoms with Gasteiger partial charge >= 0.3 is 5.91 Å². The normalized spacial score (nSPS) is 17.1. The molecule has 1 amide bonds. The number of benzene rings is 2. The summed E-state index contributed by atoms with van der Waals surface area (Å²) in [4.78, 5) is 47.3. The number of carbonyl (C=O) groups excluding carboxylic acids is 2. The highest BCUT2D eigenvalue weighted by atomic mass is 32.1. The number of aromatic nitrogens is 2. The predicted molar refractivity (Wildman–Crippen MR) is 138 cm³/mol.